The van der Waals surface area contributed by atoms with Gasteiger partial charge < -0.3 is 4.74 Å². The third-order valence-corrected chi connectivity index (χ3v) is 4.19. The van der Waals surface area contributed by atoms with E-state index in [0.717, 1.165) is 16.3 Å². The quantitative estimate of drug-likeness (QED) is 0.708. The summed E-state index contributed by atoms with van der Waals surface area (Å²) in [4.78, 5) is 14.8. The summed E-state index contributed by atoms with van der Waals surface area (Å²) in [7, 11) is 1.73. The summed E-state index contributed by atoms with van der Waals surface area (Å²) < 4.78 is 5.40. The van der Waals surface area contributed by atoms with Crippen LogP contribution in [-0.2, 0) is 10.5 Å². The van der Waals surface area contributed by atoms with Gasteiger partial charge in [0.2, 0.25) is 0 Å². The van der Waals surface area contributed by atoms with Gasteiger partial charge in [-0.3, -0.25) is 4.90 Å². The maximum absolute atomic E-state index is 12.1. The van der Waals surface area contributed by atoms with Crippen LogP contribution in [0.3, 0.4) is 0 Å². The van der Waals surface area contributed by atoms with Gasteiger partial charge in [-0.1, -0.05) is 36.4 Å². The molecule has 122 valence electrons. The van der Waals surface area contributed by atoms with Crippen LogP contribution in [0.4, 0.5) is 10.5 Å². The Balaban J connectivity index is 2.03. The van der Waals surface area contributed by atoms with Crippen molar-refractivity contribution in [3.63, 3.8) is 0 Å². The number of hydrogen-bond acceptors (Lipinski definition) is 3. The Labute approximate surface area is 142 Å². The molecule has 0 aliphatic heterocycles. The minimum atomic E-state index is -0.495. The molecular weight excluding hydrogens is 306 g/mol. The van der Waals surface area contributed by atoms with Crippen molar-refractivity contribution in [2.45, 2.75) is 37.0 Å². The van der Waals surface area contributed by atoms with Gasteiger partial charge in [-0.25, -0.2) is 4.79 Å². The van der Waals surface area contributed by atoms with E-state index in [1.54, 1.807) is 18.8 Å². The molecule has 4 heteroatoms. The first-order valence-electron chi connectivity index (χ1n) is 7.59. The highest BCUT2D eigenvalue weighted by Gasteiger charge is 2.20. The molecule has 0 aliphatic carbocycles. The van der Waals surface area contributed by atoms with E-state index in [2.05, 4.69) is 18.2 Å². The van der Waals surface area contributed by atoms with Crippen molar-refractivity contribution in [2.24, 2.45) is 0 Å². The number of amides is 1. The predicted octanol–water partition coefficient (Wildman–Crippen LogP) is 5.35. The largest absolute Gasteiger partial charge is 0.443 e. The summed E-state index contributed by atoms with van der Waals surface area (Å²) in [6, 6.07) is 18.3. The molecule has 0 saturated heterocycles. The van der Waals surface area contributed by atoms with E-state index in [4.69, 9.17) is 4.74 Å². The van der Waals surface area contributed by atoms with E-state index >= 15 is 0 Å². The third kappa shape index (κ3) is 5.64. The number of rotatable bonds is 4. The van der Waals surface area contributed by atoms with Crippen molar-refractivity contribution in [3.05, 3.63) is 60.2 Å². The van der Waals surface area contributed by atoms with Crippen molar-refractivity contribution in [2.75, 3.05) is 11.9 Å². The Morgan fingerprint density at radius 3 is 2.43 bits per heavy atom. The Morgan fingerprint density at radius 1 is 1.09 bits per heavy atom. The lowest BCUT2D eigenvalue weighted by atomic mass is 10.2. The molecule has 23 heavy (non-hydrogen) atoms. The van der Waals surface area contributed by atoms with Crippen LogP contribution in [0, 0.1) is 0 Å². The molecule has 2 aromatic carbocycles. The van der Waals surface area contributed by atoms with Gasteiger partial charge in [0.05, 0.1) is 0 Å². The number of ether oxygens (including phenoxy) is 1. The normalized spacial score (nSPS) is 11.1. The Hall–Kier alpha value is -1.94. The molecule has 0 fully saturated rings. The molecule has 0 bridgehead atoms. The zero-order chi connectivity index (χ0) is 16.9. The van der Waals surface area contributed by atoms with Gasteiger partial charge in [0.1, 0.15) is 5.60 Å². The zero-order valence-electron chi connectivity index (χ0n) is 14.1. The maximum atomic E-state index is 12.1. The van der Waals surface area contributed by atoms with Gasteiger partial charge >= 0.3 is 6.09 Å². The SMILES string of the molecule is CN(C(=O)OC(C)(C)C)c1cccc(SCc2ccccc2)c1. The average molecular weight is 329 g/mol. The highest BCUT2D eigenvalue weighted by Crippen LogP contribution is 2.27. The van der Waals surface area contributed by atoms with Crippen LogP contribution in [0.5, 0.6) is 0 Å². The molecule has 0 atom stereocenters. The summed E-state index contributed by atoms with van der Waals surface area (Å²) in [5, 5.41) is 0. The van der Waals surface area contributed by atoms with Gasteiger partial charge in [0.15, 0.2) is 0 Å². The van der Waals surface area contributed by atoms with Gasteiger partial charge in [-0.15, -0.1) is 11.8 Å². The van der Waals surface area contributed by atoms with Gasteiger partial charge in [-0.05, 0) is 44.5 Å². The van der Waals surface area contributed by atoms with Crippen molar-refractivity contribution in [3.8, 4) is 0 Å². The molecular formula is C19H23NO2S. The first kappa shape index (κ1) is 17.4. The van der Waals surface area contributed by atoms with Crippen molar-refractivity contribution in [1.29, 1.82) is 0 Å². The molecule has 0 radical (unpaired) electrons. The molecule has 3 nitrogen and oxygen atoms in total. The van der Waals surface area contributed by atoms with Crippen LogP contribution >= 0.6 is 11.8 Å². The van der Waals surface area contributed by atoms with E-state index < -0.39 is 5.60 Å². The average Bonchev–Trinajstić information content (AvgIpc) is 2.52. The summed E-state index contributed by atoms with van der Waals surface area (Å²) >= 11 is 1.75. The number of nitrogens with zero attached hydrogens (tertiary/aromatic N) is 1. The number of anilines is 1. The minimum absolute atomic E-state index is 0.345. The van der Waals surface area contributed by atoms with Crippen molar-refractivity contribution in [1.82, 2.24) is 0 Å². The lowest BCUT2D eigenvalue weighted by Gasteiger charge is -2.24. The standard InChI is InChI=1S/C19H23NO2S/c1-19(2,3)22-18(21)20(4)16-11-8-12-17(13-16)23-14-15-9-6-5-7-10-15/h5-13H,14H2,1-4H3. The second kappa shape index (κ2) is 7.55. The number of thioether (sulfide) groups is 1. The van der Waals surface area contributed by atoms with E-state index in [1.165, 1.54) is 10.5 Å². The summed E-state index contributed by atoms with van der Waals surface area (Å²) in [5.41, 5.74) is 1.62. The number of benzene rings is 2. The fourth-order valence-electron chi connectivity index (χ4n) is 1.96. The maximum Gasteiger partial charge on any atom is 0.414 e. The summed E-state index contributed by atoms with van der Waals surface area (Å²) in [5.74, 6) is 0.903. The van der Waals surface area contributed by atoms with Crippen LogP contribution < -0.4 is 4.90 Å². The van der Waals surface area contributed by atoms with Crippen LogP contribution in [-0.4, -0.2) is 18.7 Å². The number of hydrogen-bond donors (Lipinski definition) is 0. The van der Waals surface area contributed by atoms with Gasteiger partial charge in [0.25, 0.3) is 0 Å². The molecule has 2 rings (SSSR count). The van der Waals surface area contributed by atoms with Crippen molar-refractivity contribution >= 4 is 23.5 Å². The number of carbonyl (C=O) groups excluding carboxylic acids is 1. The first-order valence-corrected chi connectivity index (χ1v) is 8.57. The molecule has 1 amide bonds. The molecule has 0 spiro atoms. The second-order valence-corrected chi connectivity index (χ2v) is 7.36. The van der Waals surface area contributed by atoms with Crippen LogP contribution in [0.2, 0.25) is 0 Å². The van der Waals surface area contributed by atoms with Crippen LogP contribution in [0.1, 0.15) is 26.3 Å². The van der Waals surface area contributed by atoms with E-state index in [-0.39, 0.29) is 6.09 Å². The van der Waals surface area contributed by atoms with Gasteiger partial charge in [0, 0.05) is 23.4 Å². The zero-order valence-corrected chi connectivity index (χ0v) is 14.9. The third-order valence-electron chi connectivity index (χ3n) is 3.12. The van der Waals surface area contributed by atoms with Crippen LogP contribution in [0.15, 0.2) is 59.5 Å². The van der Waals surface area contributed by atoms with Crippen molar-refractivity contribution < 1.29 is 9.53 Å². The number of carbonyl (C=O) groups is 1. The minimum Gasteiger partial charge on any atom is -0.443 e. The van der Waals surface area contributed by atoms with E-state index in [1.807, 2.05) is 57.2 Å². The second-order valence-electron chi connectivity index (χ2n) is 6.31. The monoisotopic (exact) mass is 329 g/mol. The first-order chi connectivity index (χ1) is 10.8. The molecule has 0 heterocycles. The fourth-order valence-corrected chi connectivity index (χ4v) is 2.86. The molecule has 0 N–H and O–H groups in total. The molecule has 0 saturated carbocycles. The molecule has 0 aromatic heterocycles. The molecule has 0 unspecified atom stereocenters. The molecule has 2 aromatic rings. The highest BCUT2D eigenvalue weighted by molar-refractivity contribution is 7.98. The lowest BCUT2D eigenvalue weighted by molar-refractivity contribution is 0.0589. The van der Waals surface area contributed by atoms with Gasteiger partial charge in [-0.2, -0.15) is 0 Å². The Bertz CT molecular complexity index is 650. The smallest absolute Gasteiger partial charge is 0.414 e. The fraction of sp³-hybridized carbons (Fsp3) is 0.316. The predicted molar refractivity (Wildman–Crippen MR) is 97.1 cm³/mol. The topological polar surface area (TPSA) is 29.5 Å². The summed E-state index contributed by atoms with van der Waals surface area (Å²) in [6.07, 6.45) is -0.345. The Morgan fingerprint density at radius 2 is 1.78 bits per heavy atom. The lowest BCUT2D eigenvalue weighted by Crippen LogP contribution is -2.34. The van der Waals surface area contributed by atoms with E-state index in [9.17, 15) is 4.79 Å². The highest BCUT2D eigenvalue weighted by atomic mass is 32.2. The van der Waals surface area contributed by atoms with E-state index in [0.29, 0.717) is 0 Å². The summed E-state index contributed by atoms with van der Waals surface area (Å²) in [6.45, 7) is 5.60. The molecule has 0 aliphatic rings. The van der Waals surface area contributed by atoms with Crippen LogP contribution in [0.25, 0.3) is 0 Å². The Kier molecular flexibility index (Phi) is 5.72.